The molecule has 0 fully saturated rings. The fourth-order valence-electron chi connectivity index (χ4n) is 3.19. The van der Waals surface area contributed by atoms with Gasteiger partial charge in [0.25, 0.3) is 0 Å². The molecule has 0 saturated heterocycles. The van der Waals surface area contributed by atoms with Crippen LogP contribution in [0.15, 0.2) is 70.8 Å². The molecule has 0 spiro atoms. The van der Waals surface area contributed by atoms with Crippen molar-refractivity contribution in [1.29, 1.82) is 0 Å². The lowest BCUT2D eigenvalue weighted by Gasteiger charge is -2.23. The molecule has 0 bridgehead atoms. The van der Waals surface area contributed by atoms with E-state index in [1.807, 2.05) is 42.6 Å². The van der Waals surface area contributed by atoms with Crippen LogP contribution >= 0.6 is 0 Å². The molecule has 4 rings (SSSR count). The normalized spacial score (nSPS) is 17.8. The number of benzene rings is 2. The van der Waals surface area contributed by atoms with E-state index >= 15 is 0 Å². The van der Waals surface area contributed by atoms with E-state index in [2.05, 4.69) is 76.1 Å². The number of guanidine groups is 1. The van der Waals surface area contributed by atoms with Crippen molar-refractivity contribution in [2.24, 2.45) is 10.1 Å². The van der Waals surface area contributed by atoms with Gasteiger partial charge in [0.05, 0.1) is 30.2 Å². The number of aliphatic imine (C=N–C) groups is 1. The van der Waals surface area contributed by atoms with E-state index in [1.165, 1.54) is 5.56 Å². The fraction of sp³-hybridized carbons (Fsp3) is 0.261. The van der Waals surface area contributed by atoms with E-state index in [0.29, 0.717) is 12.5 Å². The van der Waals surface area contributed by atoms with Crippen molar-refractivity contribution in [3.63, 3.8) is 0 Å². The Bertz CT molecular complexity index is 1010. The third-order valence-electron chi connectivity index (χ3n) is 4.93. The molecule has 1 unspecified atom stereocenters. The Morgan fingerprint density at radius 1 is 1.00 bits per heavy atom. The van der Waals surface area contributed by atoms with Crippen molar-refractivity contribution in [3.8, 4) is 11.3 Å². The second-order valence-corrected chi connectivity index (χ2v) is 8.19. The van der Waals surface area contributed by atoms with Crippen LogP contribution < -0.4 is 10.7 Å². The molecule has 0 radical (unpaired) electrons. The number of H-pyrrole nitrogens is 1. The van der Waals surface area contributed by atoms with Crippen molar-refractivity contribution in [2.45, 2.75) is 38.8 Å². The summed E-state index contributed by atoms with van der Waals surface area (Å²) in [6.45, 7) is 7.14. The fourth-order valence-corrected chi connectivity index (χ4v) is 3.19. The lowest BCUT2D eigenvalue weighted by atomic mass is 9.86. The quantitative estimate of drug-likeness (QED) is 0.630. The third-order valence-corrected chi connectivity index (χ3v) is 4.93. The minimum absolute atomic E-state index is 0.00864. The number of aromatic amines is 1. The number of hydrogen-bond acceptors (Lipinski definition) is 3. The molecule has 1 atom stereocenters. The average Bonchev–Trinajstić information content (AvgIpc) is 3.22. The van der Waals surface area contributed by atoms with E-state index in [1.54, 1.807) is 0 Å². The molecular weight excluding hydrogens is 360 g/mol. The van der Waals surface area contributed by atoms with Crippen molar-refractivity contribution in [3.05, 3.63) is 77.5 Å². The van der Waals surface area contributed by atoms with Crippen LogP contribution in [0.5, 0.6) is 0 Å². The monoisotopic (exact) mass is 386 g/mol. The van der Waals surface area contributed by atoms with Crippen LogP contribution in [0.2, 0.25) is 0 Å². The van der Waals surface area contributed by atoms with Crippen LogP contribution in [0.1, 0.15) is 43.6 Å². The van der Waals surface area contributed by atoms with Crippen molar-refractivity contribution >= 4 is 12.2 Å². The average molecular weight is 387 g/mol. The molecule has 29 heavy (non-hydrogen) atoms. The Morgan fingerprint density at radius 2 is 1.76 bits per heavy atom. The number of aromatic nitrogens is 2. The van der Waals surface area contributed by atoms with Crippen LogP contribution in [-0.4, -0.2) is 22.4 Å². The minimum atomic E-state index is -0.00864. The summed E-state index contributed by atoms with van der Waals surface area (Å²) in [6, 6.07) is 20.8. The molecule has 2 aromatic carbocycles. The van der Waals surface area contributed by atoms with Gasteiger partial charge in [-0.15, -0.1) is 0 Å². The van der Waals surface area contributed by atoms with Crippen LogP contribution in [0.3, 0.4) is 0 Å². The van der Waals surface area contributed by atoms with Crippen LogP contribution in [0.25, 0.3) is 11.3 Å². The first-order valence-electron chi connectivity index (χ1n) is 9.79. The summed E-state index contributed by atoms with van der Waals surface area (Å²) in [6.07, 6.45) is 1.86. The largest absolute Gasteiger partial charge is 0.343 e. The van der Waals surface area contributed by atoms with Gasteiger partial charge in [-0.25, -0.2) is 10.4 Å². The summed E-state index contributed by atoms with van der Waals surface area (Å²) >= 11 is 0. The second kappa shape index (κ2) is 7.91. The number of nitrogens with one attached hydrogen (secondary N) is 3. The molecule has 148 valence electrons. The summed E-state index contributed by atoms with van der Waals surface area (Å²) in [5.41, 5.74) is 8.50. The van der Waals surface area contributed by atoms with Crippen molar-refractivity contribution < 1.29 is 0 Å². The van der Waals surface area contributed by atoms with E-state index in [0.717, 1.165) is 22.5 Å². The van der Waals surface area contributed by atoms with E-state index in [4.69, 9.17) is 0 Å². The first-order valence-corrected chi connectivity index (χ1v) is 9.79. The molecule has 0 amide bonds. The number of hydrazone groups is 1. The molecule has 3 aromatic rings. The van der Waals surface area contributed by atoms with Gasteiger partial charge in [-0.1, -0.05) is 75.4 Å². The molecule has 2 heterocycles. The van der Waals surface area contributed by atoms with Crippen LogP contribution in [-0.2, 0) is 12.0 Å². The lowest BCUT2D eigenvalue weighted by molar-refractivity contribution is 0.589. The van der Waals surface area contributed by atoms with Gasteiger partial charge in [-0.3, -0.25) is 5.10 Å². The lowest BCUT2D eigenvalue weighted by Crippen LogP contribution is -2.42. The Kier molecular flexibility index (Phi) is 5.16. The summed E-state index contributed by atoms with van der Waals surface area (Å²) in [5, 5.41) is 15.1. The highest BCUT2D eigenvalue weighted by Gasteiger charge is 2.17. The van der Waals surface area contributed by atoms with Crippen molar-refractivity contribution in [2.75, 3.05) is 0 Å². The Hall–Kier alpha value is -3.41. The SMILES string of the molecule is CC(C)(C)c1ccc(C2C=NNC(=NCc3cc(-c4ccccc4)n[nH]3)N2)cc1. The third kappa shape index (κ3) is 4.54. The maximum atomic E-state index is 4.60. The van der Waals surface area contributed by atoms with Gasteiger partial charge in [-0.05, 0) is 22.6 Å². The topological polar surface area (TPSA) is 77.5 Å². The first-order chi connectivity index (χ1) is 14.0. The van der Waals surface area contributed by atoms with Gasteiger partial charge in [0.2, 0.25) is 5.96 Å². The Morgan fingerprint density at radius 3 is 2.48 bits per heavy atom. The molecule has 6 nitrogen and oxygen atoms in total. The van der Waals surface area contributed by atoms with Crippen LogP contribution in [0, 0.1) is 0 Å². The maximum Gasteiger partial charge on any atom is 0.213 e. The highest BCUT2D eigenvalue weighted by Crippen LogP contribution is 2.24. The van der Waals surface area contributed by atoms with Gasteiger partial charge >= 0.3 is 0 Å². The molecule has 3 N–H and O–H groups in total. The van der Waals surface area contributed by atoms with Gasteiger partial charge < -0.3 is 5.32 Å². The predicted octanol–water partition coefficient (Wildman–Crippen LogP) is 4.15. The second-order valence-electron chi connectivity index (χ2n) is 8.19. The van der Waals surface area contributed by atoms with Crippen molar-refractivity contribution in [1.82, 2.24) is 20.9 Å². The highest BCUT2D eigenvalue weighted by molar-refractivity contribution is 5.87. The zero-order valence-corrected chi connectivity index (χ0v) is 17.0. The molecule has 1 aliphatic heterocycles. The molecule has 1 aromatic heterocycles. The smallest absolute Gasteiger partial charge is 0.213 e. The maximum absolute atomic E-state index is 4.60. The zero-order valence-electron chi connectivity index (χ0n) is 17.0. The Balaban J connectivity index is 1.42. The number of rotatable bonds is 4. The standard InChI is InChI=1S/C23H26N6/c1-23(2,3)18-11-9-17(10-12-18)21-15-25-29-22(26-21)24-14-19-13-20(28-27-19)16-7-5-4-6-8-16/h4-13,15,21H,14H2,1-3H3,(H,27,28)(H2,24,26,29). The summed E-state index contributed by atoms with van der Waals surface area (Å²) in [5.74, 6) is 0.647. The van der Waals surface area contributed by atoms with Crippen LogP contribution in [0.4, 0.5) is 0 Å². The minimum Gasteiger partial charge on any atom is -0.343 e. The van der Waals surface area contributed by atoms with E-state index in [-0.39, 0.29) is 11.5 Å². The predicted molar refractivity (Wildman–Crippen MR) is 118 cm³/mol. The molecule has 0 aliphatic carbocycles. The summed E-state index contributed by atoms with van der Waals surface area (Å²) in [7, 11) is 0. The molecule has 6 heteroatoms. The Labute approximate surface area is 171 Å². The highest BCUT2D eigenvalue weighted by atomic mass is 15.4. The van der Waals surface area contributed by atoms with Gasteiger partial charge in [0.1, 0.15) is 0 Å². The van der Waals surface area contributed by atoms with Gasteiger partial charge in [-0.2, -0.15) is 10.2 Å². The first kappa shape index (κ1) is 18.9. The van der Waals surface area contributed by atoms with Gasteiger partial charge in [0, 0.05) is 5.56 Å². The zero-order chi connectivity index (χ0) is 20.3. The molecule has 0 saturated carbocycles. The van der Waals surface area contributed by atoms with Gasteiger partial charge in [0.15, 0.2) is 0 Å². The number of nitrogens with zero attached hydrogens (tertiary/aromatic N) is 3. The molecule has 1 aliphatic rings. The molecular formula is C23H26N6. The number of hydrogen-bond donors (Lipinski definition) is 3. The summed E-state index contributed by atoms with van der Waals surface area (Å²) in [4.78, 5) is 4.60. The summed E-state index contributed by atoms with van der Waals surface area (Å²) < 4.78 is 0. The van der Waals surface area contributed by atoms with E-state index < -0.39 is 0 Å². The van der Waals surface area contributed by atoms with E-state index in [9.17, 15) is 0 Å².